The summed E-state index contributed by atoms with van der Waals surface area (Å²) in [6.45, 7) is 6.56. The van der Waals surface area contributed by atoms with Gasteiger partial charge in [-0.1, -0.05) is 57.2 Å². The molecule has 1 heterocycles. The maximum Gasteiger partial charge on any atom is 0.225 e. The molecule has 0 saturated carbocycles. The number of ketones is 1. The third kappa shape index (κ3) is 4.04. The van der Waals surface area contributed by atoms with E-state index in [-0.39, 0.29) is 35.4 Å². The molecule has 1 aliphatic carbocycles. The van der Waals surface area contributed by atoms with Crippen molar-refractivity contribution in [2.75, 3.05) is 14.2 Å². The Morgan fingerprint density at radius 3 is 2.25 bits per heavy atom. The van der Waals surface area contributed by atoms with Crippen LogP contribution >= 0.6 is 0 Å². The molecule has 0 spiro atoms. The summed E-state index contributed by atoms with van der Waals surface area (Å²) in [5.41, 5.74) is 4.75. The Balaban J connectivity index is 1.70. The molecule has 2 aromatic carbocycles. The van der Waals surface area contributed by atoms with Gasteiger partial charge >= 0.3 is 0 Å². The van der Waals surface area contributed by atoms with Crippen molar-refractivity contribution in [1.82, 2.24) is 5.32 Å². The van der Waals surface area contributed by atoms with E-state index in [0.717, 1.165) is 16.8 Å². The lowest BCUT2D eigenvalue weighted by Gasteiger charge is -2.35. The second-order valence-corrected chi connectivity index (χ2v) is 9.68. The smallest absolute Gasteiger partial charge is 0.225 e. The zero-order valence-electron chi connectivity index (χ0n) is 19.5. The Bertz CT molecular complexity index is 1080. The molecule has 0 aromatic heterocycles. The highest BCUT2D eigenvalue weighted by molar-refractivity contribution is 6.02. The summed E-state index contributed by atoms with van der Waals surface area (Å²) >= 11 is 0. The number of para-hydroxylation sites is 1. The molecule has 1 N–H and O–H groups in total. The van der Waals surface area contributed by atoms with E-state index in [1.54, 1.807) is 14.2 Å². The van der Waals surface area contributed by atoms with E-state index in [0.29, 0.717) is 29.9 Å². The fraction of sp³-hybridized carbons (Fsp3) is 0.407. The molecule has 2 aliphatic rings. The first-order valence-electron chi connectivity index (χ1n) is 11.1. The van der Waals surface area contributed by atoms with Gasteiger partial charge in [-0.15, -0.1) is 0 Å². The van der Waals surface area contributed by atoms with Crippen molar-refractivity contribution in [2.24, 2.45) is 0 Å². The molecule has 0 saturated heterocycles. The highest BCUT2D eigenvalue weighted by atomic mass is 16.5. The number of methoxy groups -OCH3 is 2. The van der Waals surface area contributed by atoms with Gasteiger partial charge in [0.2, 0.25) is 5.91 Å². The number of Topliss-reactive ketones (excluding diaryl/α,β-unsaturated/α-hetero) is 1. The topological polar surface area (TPSA) is 64.6 Å². The molecule has 0 fully saturated rings. The normalized spacial score (nSPS) is 21.2. The van der Waals surface area contributed by atoms with Crippen LogP contribution in [0.2, 0.25) is 0 Å². The van der Waals surface area contributed by atoms with Crippen molar-refractivity contribution in [2.45, 2.75) is 57.3 Å². The number of hydrogen-bond donors (Lipinski definition) is 1. The van der Waals surface area contributed by atoms with E-state index in [4.69, 9.17) is 9.47 Å². The molecule has 2 aromatic rings. The van der Waals surface area contributed by atoms with E-state index in [9.17, 15) is 9.59 Å². The largest absolute Gasteiger partial charge is 0.493 e. The zero-order chi connectivity index (χ0) is 23.0. The fourth-order valence-electron chi connectivity index (χ4n) is 4.90. The number of rotatable bonds is 4. The minimum absolute atomic E-state index is 0.0570. The second kappa shape index (κ2) is 8.45. The SMILES string of the molecule is COc1cccc(C2CC(=O)NC3=C2C(=O)CC(c2ccc(C(C)(C)C)cc2)C3)c1OC. The van der Waals surface area contributed by atoms with E-state index in [1.165, 1.54) is 5.56 Å². The van der Waals surface area contributed by atoms with Crippen LogP contribution in [-0.4, -0.2) is 25.9 Å². The van der Waals surface area contributed by atoms with Crippen LogP contribution in [0.3, 0.4) is 0 Å². The van der Waals surface area contributed by atoms with Gasteiger partial charge in [0.1, 0.15) is 0 Å². The minimum atomic E-state index is -0.333. The molecular formula is C27H31NO4. The van der Waals surface area contributed by atoms with Gasteiger partial charge in [0.15, 0.2) is 17.3 Å². The molecule has 2 atom stereocenters. The van der Waals surface area contributed by atoms with Crippen LogP contribution in [0.1, 0.15) is 68.6 Å². The molecular weight excluding hydrogens is 402 g/mol. The first kappa shape index (κ1) is 22.1. The molecule has 5 nitrogen and oxygen atoms in total. The van der Waals surface area contributed by atoms with Crippen LogP contribution in [0, 0.1) is 0 Å². The third-order valence-corrected chi connectivity index (χ3v) is 6.59. The molecule has 0 bridgehead atoms. The van der Waals surface area contributed by atoms with E-state index in [2.05, 4.69) is 50.4 Å². The fourth-order valence-corrected chi connectivity index (χ4v) is 4.90. The lowest BCUT2D eigenvalue weighted by molar-refractivity contribution is -0.122. The molecule has 1 amide bonds. The maximum atomic E-state index is 13.4. The molecule has 5 heteroatoms. The minimum Gasteiger partial charge on any atom is -0.493 e. The van der Waals surface area contributed by atoms with Crippen molar-refractivity contribution in [3.8, 4) is 11.5 Å². The lowest BCUT2D eigenvalue weighted by Crippen LogP contribution is -2.38. The van der Waals surface area contributed by atoms with E-state index < -0.39 is 0 Å². The summed E-state index contributed by atoms with van der Waals surface area (Å²) in [4.78, 5) is 26.0. The molecule has 32 heavy (non-hydrogen) atoms. The first-order chi connectivity index (χ1) is 15.2. The lowest BCUT2D eigenvalue weighted by atomic mass is 9.73. The highest BCUT2D eigenvalue weighted by Crippen LogP contribution is 2.46. The number of hydrogen-bond acceptors (Lipinski definition) is 4. The summed E-state index contributed by atoms with van der Waals surface area (Å²) in [7, 11) is 3.17. The number of amides is 1. The van der Waals surface area contributed by atoms with Gasteiger partial charge in [0, 0.05) is 35.6 Å². The van der Waals surface area contributed by atoms with Crippen LogP contribution in [0.4, 0.5) is 0 Å². The van der Waals surface area contributed by atoms with Crippen LogP contribution in [0.25, 0.3) is 0 Å². The van der Waals surface area contributed by atoms with Gasteiger partial charge in [0.05, 0.1) is 14.2 Å². The highest BCUT2D eigenvalue weighted by Gasteiger charge is 2.39. The van der Waals surface area contributed by atoms with Crippen molar-refractivity contribution in [3.63, 3.8) is 0 Å². The summed E-state index contributed by atoms with van der Waals surface area (Å²) in [6.07, 6.45) is 1.30. The molecule has 0 radical (unpaired) electrons. The van der Waals surface area contributed by atoms with Gasteiger partial charge in [-0.2, -0.15) is 0 Å². The molecule has 1 aliphatic heterocycles. The van der Waals surface area contributed by atoms with Gasteiger partial charge in [-0.25, -0.2) is 0 Å². The standard InChI is InChI=1S/C27H31NO4/c1-27(2,3)18-11-9-16(10-12-18)17-13-21-25(22(29)14-17)20(15-24(30)28-21)19-7-6-8-23(31-4)26(19)32-5/h6-12,17,20H,13-15H2,1-5H3,(H,28,30). The Kier molecular flexibility index (Phi) is 5.85. The van der Waals surface area contributed by atoms with E-state index >= 15 is 0 Å². The predicted octanol–water partition coefficient (Wildman–Crippen LogP) is 5.01. The van der Waals surface area contributed by atoms with Gasteiger partial charge in [0.25, 0.3) is 0 Å². The van der Waals surface area contributed by atoms with Crippen LogP contribution < -0.4 is 14.8 Å². The summed E-state index contributed by atoms with van der Waals surface area (Å²) in [6, 6.07) is 14.1. The second-order valence-electron chi connectivity index (χ2n) is 9.68. The maximum absolute atomic E-state index is 13.4. The number of nitrogens with one attached hydrogen (secondary N) is 1. The monoisotopic (exact) mass is 433 g/mol. The third-order valence-electron chi connectivity index (χ3n) is 6.59. The van der Waals surface area contributed by atoms with Crippen molar-refractivity contribution in [3.05, 3.63) is 70.4 Å². The van der Waals surface area contributed by atoms with Crippen LogP contribution in [0.15, 0.2) is 53.7 Å². The summed E-state index contributed by atoms with van der Waals surface area (Å²) < 4.78 is 11.0. The Hall–Kier alpha value is -3.08. The Morgan fingerprint density at radius 1 is 0.906 bits per heavy atom. The Labute approximate surface area is 189 Å². The molecule has 4 rings (SSSR count). The summed E-state index contributed by atoms with van der Waals surface area (Å²) in [5.74, 6) is 0.913. The first-order valence-corrected chi connectivity index (χ1v) is 11.1. The molecule has 2 unspecified atom stereocenters. The number of carbonyl (C=O) groups is 2. The predicted molar refractivity (Wildman–Crippen MR) is 124 cm³/mol. The quantitative estimate of drug-likeness (QED) is 0.737. The number of ether oxygens (including phenoxy) is 2. The number of benzene rings is 2. The van der Waals surface area contributed by atoms with Crippen molar-refractivity contribution < 1.29 is 19.1 Å². The van der Waals surface area contributed by atoms with Crippen LogP contribution in [-0.2, 0) is 15.0 Å². The number of allylic oxidation sites excluding steroid dienone is 2. The average molecular weight is 434 g/mol. The summed E-state index contributed by atoms with van der Waals surface area (Å²) in [5, 5.41) is 3.00. The van der Waals surface area contributed by atoms with E-state index in [1.807, 2.05) is 18.2 Å². The zero-order valence-corrected chi connectivity index (χ0v) is 19.5. The Morgan fingerprint density at radius 2 is 1.62 bits per heavy atom. The van der Waals surface area contributed by atoms with Crippen molar-refractivity contribution >= 4 is 11.7 Å². The number of carbonyl (C=O) groups excluding carboxylic acids is 2. The van der Waals surface area contributed by atoms with Gasteiger partial charge in [-0.3, -0.25) is 9.59 Å². The van der Waals surface area contributed by atoms with Crippen LogP contribution in [0.5, 0.6) is 11.5 Å². The van der Waals surface area contributed by atoms with Crippen molar-refractivity contribution in [1.29, 1.82) is 0 Å². The van der Waals surface area contributed by atoms with Gasteiger partial charge < -0.3 is 14.8 Å². The molecule has 168 valence electrons. The average Bonchev–Trinajstić information content (AvgIpc) is 2.77. The van der Waals surface area contributed by atoms with Gasteiger partial charge in [-0.05, 0) is 34.9 Å².